The van der Waals surface area contributed by atoms with E-state index < -0.39 is 22.7 Å². The minimum atomic E-state index is -0.920. The van der Waals surface area contributed by atoms with E-state index in [1.807, 2.05) is 0 Å². The van der Waals surface area contributed by atoms with Crippen LogP contribution in [0.1, 0.15) is 20.3 Å². The van der Waals surface area contributed by atoms with Crippen LogP contribution in [0.4, 0.5) is 0 Å². The van der Waals surface area contributed by atoms with Crippen molar-refractivity contribution in [1.29, 1.82) is 0 Å². The molecule has 6 heteroatoms. The third kappa shape index (κ3) is 5.85. The lowest BCUT2D eigenvalue weighted by Gasteiger charge is -2.12. The van der Waals surface area contributed by atoms with Crippen LogP contribution in [-0.4, -0.2) is 35.9 Å². The van der Waals surface area contributed by atoms with Gasteiger partial charge in [-0.05, 0) is 13.8 Å². The Bertz CT molecular complexity index is 198. The Morgan fingerprint density at radius 3 is 1.60 bits per heavy atom. The van der Waals surface area contributed by atoms with E-state index >= 15 is 0 Å². The van der Waals surface area contributed by atoms with Crippen molar-refractivity contribution >= 4 is 35.1 Å². The zero-order valence-electron chi connectivity index (χ0n) is 8.66. The minimum absolute atomic E-state index is 0.000772. The monoisotopic (exact) mass is 256 g/mol. The van der Waals surface area contributed by atoms with Crippen molar-refractivity contribution in [1.82, 2.24) is 0 Å². The standard InChI is InChI=1S/C9H14Cl2O4/c1-3-14-8(12)6(10)5-7(11)9(13)15-4-2/h6-7H,3-5H2,1-2H3. The largest absolute Gasteiger partial charge is 0.465 e. The van der Waals surface area contributed by atoms with Crippen LogP contribution in [-0.2, 0) is 19.1 Å². The van der Waals surface area contributed by atoms with Gasteiger partial charge in [-0.25, -0.2) is 0 Å². The van der Waals surface area contributed by atoms with Gasteiger partial charge in [0.25, 0.3) is 0 Å². The summed E-state index contributed by atoms with van der Waals surface area (Å²) in [6, 6.07) is 0. The Morgan fingerprint density at radius 2 is 1.33 bits per heavy atom. The summed E-state index contributed by atoms with van der Waals surface area (Å²) in [6.07, 6.45) is 0.000772. The molecule has 0 bridgehead atoms. The van der Waals surface area contributed by atoms with Crippen molar-refractivity contribution in [2.45, 2.75) is 31.0 Å². The molecule has 0 spiro atoms. The fourth-order valence-electron chi connectivity index (χ4n) is 0.839. The van der Waals surface area contributed by atoms with Crippen LogP contribution >= 0.6 is 23.2 Å². The molecular weight excluding hydrogens is 243 g/mol. The Labute approximate surface area is 98.8 Å². The van der Waals surface area contributed by atoms with Crippen LogP contribution in [0.25, 0.3) is 0 Å². The summed E-state index contributed by atoms with van der Waals surface area (Å²) >= 11 is 11.4. The average molecular weight is 257 g/mol. The molecule has 2 unspecified atom stereocenters. The summed E-state index contributed by atoms with van der Waals surface area (Å²) in [5, 5.41) is -1.84. The van der Waals surface area contributed by atoms with Gasteiger partial charge < -0.3 is 9.47 Å². The van der Waals surface area contributed by atoms with Crippen LogP contribution < -0.4 is 0 Å². The van der Waals surface area contributed by atoms with Crippen molar-refractivity contribution in [3.63, 3.8) is 0 Å². The highest BCUT2D eigenvalue weighted by atomic mass is 35.5. The summed E-state index contributed by atoms with van der Waals surface area (Å²) in [4.78, 5) is 22.2. The number of rotatable bonds is 6. The molecule has 15 heavy (non-hydrogen) atoms. The molecule has 0 aromatic heterocycles. The first kappa shape index (κ1) is 14.5. The Morgan fingerprint density at radius 1 is 1.00 bits per heavy atom. The minimum Gasteiger partial charge on any atom is -0.465 e. The maximum Gasteiger partial charge on any atom is 0.324 e. The first-order chi connectivity index (χ1) is 7.02. The third-order valence-corrected chi connectivity index (χ3v) is 2.21. The number of hydrogen-bond donors (Lipinski definition) is 0. The Hall–Kier alpha value is -0.480. The highest BCUT2D eigenvalue weighted by molar-refractivity contribution is 6.33. The Kier molecular flexibility index (Phi) is 7.52. The molecule has 0 N–H and O–H groups in total. The maximum absolute atomic E-state index is 11.1. The summed E-state index contributed by atoms with van der Waals surface area (Å²) in [5.74, 6) is -1.15. The molecule has 0 saturated heterocycles. The van der Waals surface area contributed by atoms with Crippen LogP contribution in [0.15, 0.2) is 0 Å². The van der Waals surface area contributed by atoms with Crippen molar-refractivity contribution in [3.8, 4) is 0 Å². The SMILES string of the molecule is CCOC(=O)C(Cl)CC(Cl)C(=O)OCC. The van der Waals surface area contributed by atoms with Crippen molar-refractivity contribution in [2.75, 3.05) is 13.2 Å². The molecule has 88 valence electrons. The van der Waals surface area contributed by atoms with Gasteiger partial charge in [0.1, 0.15) is 10.8 Å². The normalized spacial score (nSPS) is 14.1. The number of hydrogen-bond acceptors (Lipinski definition) is 4. The quantitative estimate of drug-likeness (QED) is 0.537. The molecule has 0 aromatic carbocycles. The van der Waals surface area contributed by atoms with Crippen molar-refractivity contribution in [2.24, 2.45) is 0 Å². The van der Waals surface area contributed by atoms with Gasteiger partial charge in [0.15, 0.2) is 0 Å². The van der Waals surface area contributed by atoms with Gasteiger partial charge in [-0.2, -0.15) is 0 Å². The lowest BCUT2D eigenvalue weighted by atomic mass is 10.2. The molecular formula is C9H14Cl2O4. The number of ether oxygens (including phenoxy) is 2. The summed E-state index contributed by atoms with van der Waals surface area (Å²) in [7, 11) is 0. The van der Waals surface area contributed by atoms with Gasteiger partial charge in [-0.1, -0.05) is 0 Å². The summed E-state index contributed by atoms with van der Waals surface area (Å²) in [5.41, 5.74) is 0. The molecule has 0 aromatic rings. The Balaban J connectivity index is 3.99. The van der Waals surface area contributed by atoms with Gasteiger partial charge in [0.2, 0.25) is 0 Å². The van der Waals surface area contributed by atoms with Crippen molar-refractivity contribution in [3.05, 3.63) is 0 Å². The van der Waals surface area contributed by atoms with E-state index in [1.165, 1.54) is 0 Å². The average Bonchev–Trinajstić information content (AvgIpc) is 2.18. The zero-order chi connectivity index (χ0) is 11.8. The number of carbonyl (C=O) groups excluding carboxylic acids is 2. The second-order valence-corrected chi connectivity index (χ2v) is 3.73. The molecule has 0 amide bonds. The molecule has 0 rings (SSSR count). The molecule has 4 nitrogen and oxygen atoms in total. The van der Waals surface area contributed by atoms with Crippen LogP contribution in [0.3, 0.4) is 0 Å². The molecule has 0 fully saturated rings. The molecule has 0 aliphatic carbocycles. The van der Waals surface area contributed by atoms with Crippen LogP contribution in [0.5, 0.6) is 0 Å². The van der Waals surface area contributed by atoms with E-state index in [0.29, 0.717) is 0 Å². The predicted octanol–water partition coefficient (Wildman–Crippen LogP) is 1.72. The van der Waals surface area contributed by atoms with E-state index in [1.54, 1.807) is 13.8 Å². The first-order valence-electron chi connectivity index (χ1n) is 4.64. The van der Waals surface area contributed by atoms with E-state index in [2.05, 4.69) is 9.47 Å². The number of esters is 2. The maximum atomic E-state index is 11.1. The van der Waals surface area contributed by atoms with Gasteiger partial charge in [0.05, 0.1) is 13.2 Å². The highest BCUT2D eigenvalue weighted by Gasteiger charge is 2.25. The second-order valence-electron chi connectivity index (χ2n) is 2.67. The van der Waals surface area contributed by atoms with E-state index in [-0.39, 0.29) is 19.6 Å². The lowest BCUT2D eigenvalue weighted by molar-refractivity contribution is -0.144. The van der Waals surface area contributed by atoms with Crippen molar-refractivity contribution < 1.29 is 19.1 Å². The molecule has 2 atom stereocenters. The van der Waals surface area contributed by atoms with Crippen LogP contribution in [0.2, 0.25) is 0 Å². The first-order valence-corrected chi connectivity index (χ1v) is 5.51. The molecule has 0 aliphatic rings. The smallest absolute Gasteiger partial charge is 0.324 e. The zero-order valence-corrected chi connectivity index (χ0v) is 10.2. The summed E-state index contributed by atoms with van der Waals surface area (Å²) in [6.45, 7) is 3.83. The number of alkyl halides is 2. The van der Waals surface area contributed by atoms with E-state index in [4.69, 9.17) is 23.2 Å². The molecule has 0 saturated carbocycles. The predicted molar refractivity (Wildman–Crippen MR) is 57.2 cm³/mol. The van der Waals surface area contributed by atoms with Gasteiger partial charge >= 0.3 is 11.9 Å². The fourth-order valence-corrected chi connectivity index (χ4v) is 1.41. The topological polar surface area (TPSA) is 52.6 Å². The van der Waals surface area contributed by atoms with E-state index in [9.17, 15) is 9.59 Å². The number of halogens is 2. The third-order valence-electron chi connectivity index (χ3n) is 1.50. The fraction of sp³-hybridized carbons (Fsp3) is 0.778. The molecule has 0 heterocycles. The summed E-state index contributed by atoms with van der Waals surface area (Å²) < 4.78 is 9.33. The lowest BCUT2D eigenvalue weighted by Crippen LogP contribution is -2.26. The van der Waals surface area contributed by atoms with Gasteiger partial charge in [-0.3, -0.25) is 9.59 Å². The number of carbonyl (C=O) groups is 2. The van der Waals surface area contributed by atoms with Crippen LogP contribution in [0, 0.1) is 0 Å². The molecule has 0 radical (unpaired) electrons. The molecule has 0 aliphatic heterocycles. The highest BCUT2D eigenvalue weighted by Crippen LogP contribution is 2.14. The second kappa shape index (κ2) is 7.77. The van der Waals surface area contributed by atoms with E-state index in [0.717, 1.165) is 0 Å². The van der Waals surface area contributed by atoms with Gasteiger partial charge in [-0.15, -0.1) is 23.2 Å². The van der Waals surface area contributed by atoms with Gasteiger partial charge in [0, 0.05) is 6.42 Å².